The van der Waals surface area contributed by atoms with Gasteiger partial charge in [-0.3, -0.25) is 4.79 Å². The van der Waals surface area contributed by atoms with Crippen molar-refractivity contribution in [2.45, 2.75) is 23.1 Å². The third kappa shape index (κ3) is 2.45. The lowest BCUT2D eigenvalue weighted by molar-refractivity contribution is -0.118. The Labute approximate surface area is 110 Å². The topological polar surface area (TPSA) is 92.6 Å². The Bertz CT molecular complexity index is 467. The van der Waals surface area contributed by atoms with Gasteiger partial charge in [-0.1, -0.05) is 0 Å². The van der Waals surface area contributed by atoms with E-state index in [1.54, 1.807) is 11.0 Å². The normalized spacial score (nSPS) is 20.7. The van der Waals surface area contributed by atoms with Crippen molar-refractivity contribution in [2.75, 3.05) is 23.8 Å². The first-order chi connectivity index (χ1) is 8.52. The quantitative estimate of drug-likeness (QED) is 0.690. The number of carbonyl (C=O) groups is 1. The number of amides is 1. The van der Waals surface area contributed by atoms with Crippen LogP contribution < -0.4 is 16.4 Å². The number of nitrogens with two attached hydrogens (primary N) is 2. The molecule has 0 bridgehead atoms. The zero-order chi connectivity index (χ0) is 13.3. The molecule has 1 aliphatic rings. The Morgan fingerprint density at radius 2 is 2.28 bits per heavy atom. The van der Waals surface area contributed by atoms with Crippen LogP contribution in [0.3, 0.4) is 0 Å². The van der Waals surface area contributed by atoms with Crippen molar-refractivity contribution in [2.24, 2.45) is 5.73 Å². The van der Waals surface area contributed by atoms with Gasteiger partial charge in [-0.25, -0.2) is 0 Å². The van der Waals surface area contributed by atoms with E-state index in [0.717, 1.165) is 10.6 Å². The van der Waals surface area contributed by atoms with E-state index in [0.29, 0.717) is 12.2 Å². The van der Waals surface area contributed by atoms with E-state index in [1.165, 1.54) is 11.8 Å². The molecule has 1 amide bonds. The van der Waals surface area contributed by atoms with Gasteiger partial charge in [0, 0.05) is 23.2 Å². The number of carbonyl (C=O) groups excluding carboxylic acids is 1. The number of fused-ring (bicyclic) bond motifs is 1. The standard InChI is InChI=1S/C12H17N3O2S/c1-7-12(17)15(5-9(14)6-16)10-4-8(13)2-3-11(10)18-7/h2-4,7,9,16H,5-6,13-14H2,1H3. The maximum Gasteiger partial charge on any atom is 0.240 e. The van der Waals surface area contributed by atoms with Gasteiger partial charge in [0.05, 0.1) is 17.5 Å². The molecule has 0 radical (unpaired) electrons. The highest BCUT2D eigenvalue weighted by molar-refractivity contribution is 8.00. The molecule has 2 unspecified atom stereocenters. The van der Waals surface area contributed by atoms with E-state index in [9.17, 15) is 4.79 Å². The average molecular weight is 267 g/mol. The first kappa shape index (κ1) is 13.2. The van der Waals surface area contributed by atoms with E-state index in [-0.39, 0.29) is 17.8 Å². The lowest BCUT2D eigenvalue weighted by Crippen LogP contribution is -2.47. The molecule has 2 rings (SSSR count). The first-order valence-corrected chi connectivity index (χ1v) is 6.65. The molecule has 0 aromatic heterocycles. The highest BCUT2D eigenvalue weighted by Gasteiger charge is 2.31. The molecule has 0 saturated heterocycles. The van der Waals surface area contributed by atoms with Crippen LogP contribution in [0.4, 0.5) is 11.4 Å². The SMILES string of the molecule is CC1Sc2ccc(N)cc2N(CC(N)CO)C1=O. The minimum Gasteiger partial charge on any atom is -0.399 e. The molecule has 0 fully saturated rings. The number of anilines is 2. The predicted octanol–water partition coefficient (Wildman–Crippen LogP) is 0.416. The number of aliphatic hydroxyl groups is 1. The van der Waals surface area contributed by atoms with Crippen LogP contribution in [0.1, 0.15) is 6.92 Å². The van der Waals surface area contributed by atoms with E-state index in [1.807, 2.05) is 19.1 Å². The Morgan fingerprint density at radius 3 is 2.94 bits per heavy atom. The van der Waals surface area contributed by atoms with Gasteiger partial charge >= 0.3 is 0 Å². The molecule has 5 N–H and O–H groups in total. The maximum absolute atomic E-state index is 12.2. The van der Waals surface area contributed by atoms with Crippen LogP contribution in [0.15, 0.2) is 23.1 Å². The average Bonchev–Trinajstić information content (AvgIpc) is 2.35. The number of hydrogen-bond donors (Lipinski definition) is 3. The first-order valence-electron chi connectivity index (χ1n) is 5.77. The van der Waals surface area contributed by atoms with Gasteiger partial charge in [-0.2, -0.15) is 0 Å². The minimum absolute atomic E-state index is 0.00185. The van der Waals surface area contributed by atoms with E-state index >= 15 is 0 Å². The van der Waals surface area contributed by atoms with Crippen molar-refractivity contribution in [1.82, 2.24) is 0 Å². The summed E-state index contributed by atoms with van der Waals surface area (Å²) in [5.74, 6) is 0.00185. The second kappa shape index (κ2) is 5.17. The molecule has 0 saturated carbocycles. The van der Waals surface area contributed by atoms with E-state index < -0.39 is 6.04 Å². The van der Waals surface area contributed by atoms with Crippen LogP contribution in [0.25, 0.3) is 0 Å². The van der Waals surface area contributed by atoms with Crippen molar-refractivity contribution in [3.63, 3.8) is 0 Å². The number of hydrogen-bond acceptors (Lipinski definition) is 5. The van der Waals surface area contributed by atoms with Gasteiger partial charge in [0.15, 0.2) is 0 Å². The molecule has 2 atom stereocenters. The summed E-state index contributed by atoms with van der Waals surface area (Å²) < 4.78 is 0. The number of benzene rings is 1. The van der Waals surface area contributed by atoms with Crippen molar-refractivity contribution >= 4 is 29.0 Å². The van der Waals surface area contributed by atoms with Crippen molar-refractivity contribution < 1.29 is 9.90 Å². The van der Waals surface area contributed by atoms with Crippen LogP contribution in [0.5, 0.6) is 0 Å². The predicted molar refractivity (Wildman–Crippen MR) is 73.6 cm³/mol. The number of thioether (sulfide) groups is 1. The summed E-state index contributed by atoms with van der Waals surface area (Å²) in [7, 11) is 0. The van der Waals surface area contributed by atoms with Crippen molar-refractivity contribution in [3.05, 3.63) is 18.2 Å². The van der Waals surface area contributed by atoms with Crippen molar-refractivity contribution in [1.29, 1.82) is 0 Å². The second-order valence-corrected chi connectivity index (χ2v) is 5.76. The van der Waals surface area contributed by atoms with Crippen LogP contribution in [0.2, 0.25) is 0 Å². The van der Waals surface area contributed by atoms with Crippen LogP contribution in [-0.2, 0) is 4.79 Å². The Morgan fingerprint density at radius 1 is 1.56 bits per heavy atom. The molecule has 0 spiro atoms. The van der Waals surface area contributed by atoms with Gasteiger partial charge in [0.25, 0.3) is 0 Å². The zero-order valence-electron chi connectivity index (χ0n) is 10.2. The Kier molecular flexibility index (Phi) is 3.79. The summed E-state index contributed by atoms with van der Waals surface area (Å²) in [5, 5.41) is 8.88. The van der Waals surface area contributed by atoms with Gasteiger partial charge in [-0.15, -0.1) is 11.8 Å². The fourth-order valence-electron chi connectivity index (χ4n) is 1.90. The minimum atomic E-state index is -0.446. The summed E-state index contributed by atoms with van der Waals surface area (Å²) in [5.41, 5.74) is 12.9. The lowest BCUT2D eigenvalue weighted by atomic mass is 10.2. The summed E-state index contributed by atoms with van der Waals surface area (Å²) >= 11 is 1.52. The third-order valence-corrected chi connectivity index (χ3v) is 4.00. The zero-order valence-corrected chi connectivity index (χ0v) is 11.0. The second-order valence-electron chi connectivity index (χ2n) is 4.38. The molecule has 1 aromatic rings. The smallest absolute Gasteiger partial charge is 0.240 e. The summed E-state index contributed by atoms with van der Waals surface area (Å²) in [6, 6.07) is 5.06. The Hall–Kier alpha value is -1.24. The van der Waals surface area contributed by atoms with Crippen LogP contribution >= 0.6 is 11.8 Å². The molecular weight excluding hydrogens is 250 g/mol. The molecule has 18 heavy (non-hydrogen) atoms. The molecule has 0 aliphatic carbocycles. The molecule has 6 heteroatoms. The number of rotatable bonds is 3. The molecule has 5 nitrogen and oxygen atoms in total. The lowest BCUT2D eigenvalue weighted by Gasteiger charge is -2.33. The maximum atomic E-state index is 12.2. The van der Waals surface area contributed by atoms with E-state index in [2.05, 4.69) is 0 Å². The molecule has 1 aliphatic heterocycles. The van der Waals surface area contributed by atoms with Gasteiger partial charge < -0.3 is 21.5 Å². The summed E-state index contributed by atoms with van der Waals surface area (Å²) in [6.07, 6.45) is 0. The number of nitrogen functional groups attached to an aromatic ring is 1. The summed E-state index contributed by atoms with van der Waals surface area (Å²) in [6.45, 7) is 2.02. The van der Waals surface area contributed by atoms with Gasteiger partial charge in [0.2, 0.25) is 5.91 Å². The molecule has 1 heterocycles. The highest BCUT2D eigenvalue weighted by Crippen LogP contribution is 2.40. The van der Waals surface area contributed by atoms with Crippen LogP contribution in [0, 0.1) is 0 Å². The molecular formula is C12H17N3O2S. The summed E-state index contributed by atoms with van der Waals surface area (Å²) in [4.78, 5) is 14.8. The fourth-order valence-corrected chi connectivity index (χ4v) is 2.95. The highest BCUT2D eigenvalue weighted by atomic mass is 32.2. The molecule has 1 aromatic carbocycles. The number of aliphatic hydroxyl groups excluding tert-OH is 1. The third-order valence-electron chi connectivity index (χ3n) is 2.84. The largest absolute Gasteiger partial charge is 0.399 e. The monoisotopic (exact) mass is 267 g/mol. The fraction of sp³-hybridized carbons (Fsp3) is 0.417. The Balaban J connectivity index is 2.37. The van der Waals surface area contributed by atoms with Gasteiger partial charge in [-0.05, 0) is 25.1 Å². The molecule has 98 valence electrons. The van der Waals surface area contributed by atoms with Crippen LogP contribution in [-0.4, -0.2) is 35.5 Å². The number of nitrogens with zero attached hydrogens (tertiary/aromatic N) is 1. The van der Waals surface area contributed by atoms with E-state index in [4.69, 9.17) is 16.6 Å². The van der Waals surface area contributed by atoms with Gasteiger partial charge in [0.1, 0.15) is 0 Å². The van der Waals surface area contributed by atoms with Crippen molar-refractivity contribution in [3.8, 4) is 0 Å².